The Morgan fingerprint density at radius 1 is 0.755 bits per heavy atom. The Morgan fingerprint density at radius 3 is 1.66 bits per heavy atom. The van der Waals surface area contributed by atoms with Crippen molar-refractivity contribution in [1.82, 2.24) is 40.0 Å². The third-order valence-corrected chi connectivity index (χ3v) is 10.7. The first-order chi connectivity index (χ1) is 25.4. The van der Waals surface area contributed by atoms with Crippen LogP contribution < -0.4 is 5.32 Å². The molecule has 12 nitrogen and oxygen atoms in total. The number of ether oxygens (including phenoxy) is 1. The van der Waals surface area contributed by atoms with Crippen LogP contribution in [-0.2, 0) is 14.3 Å². The van der Waals surface area contributed by atoms with E-state index in [2.05, 4.69) is 101 Å². The van der Waals surface area contributed by atoms with Crippen molar-refractivity contribution < 1.29 is 19.1 Å². The molecular formula is C41H54N8O4. The molecule has 4 aromatic rings. The number of likely N-dealkylation sites (tertiary alicyclic amines) is 2. The Kier molecular flexibility index (Phi) is 11.7. The number of carbonyl (C=O) groups is 3. The van der Waals surface area contributed by atoms with Gasteiger partial charge in [-0.2, -0.15) is 0 Å². The van der Waals surface area contributed by atoms with Gasteiger partial charge in [-0.15, -0.1) is 0 Å². The molecule has 2 saturated heterocycles. The van der Waals surface area contributed by atoms with Crippen molar-refractivity contribution in [3.63, 3.8) is 0 Å². The lowest BCUT2D eigenvalue weighted by Crippen LogP contribution is -2.51. The number of methoxy groups -OCH3 is 1. The molecule has 53 heavy (non-hydrogen) atoms. The van der Waals surface area contributed by atoms with E-state index in [1.54, 1.807) is 0 Å². The summed E-state index contributed by atoms with van der Waals surface area (Å²) in [4.78, 5) is 61.3. The minimum atomic E-state index is -0.674. The first-order valence-electron chi connectivity index (χ1n) is 19.0. The lowest BCUT2D eigenvalue weighted by atomic mass is 10.0. The monoisotopic (exact) mass is 722 g/mol. The van der Waals surface area contributed by atoms with Gasteiger partial charge in [0.25, 0.3) is 0 Å². The Bertz CT molecular complexity index is 1850. The van der Waals surface area contributed by atoms with E-state index in [1.807, 2.05) is 36.0 Å². The van der Waals surface area contributed by atoms with Crippen LogP contribution >= 0.6 is 0 Å². The molecule has 2 aromatic heterocycles. The zero-order valence-electron chi connectivity index (χ0n) is 32.1. The predicted molar refractivity (Wildman–Crippen MR) is 206 cm³/mol. The van der Waals surface area contributed by atoms with E-state index < -0.39 is 12.1 Å². The minimum Gasteiger partial charge on any atom is -0.453 e. The summed E-state index contributed by atoms with van der Waals surface area (Å²) in [6, 6.07) is 16.5. The first-order valence-corrected chi connectivity index (χ1v) is 19.0. The summed E-state index contributed by atoms with van der Waals surface area (Å²) in [5.41, 5.74) is 6.04. The predicted octanol–water partition coefficient (Wildman–Crippen LogP) is 6.96. The molecular weight excluding hydrogens is 669 g/mol. The summed E-state index contributed by atoms with van der Waals surface area (Å²) in [6.45, 7) is 14.2. The van der Waals surface area contributed by atoms with Gasteiger partial charge in [-0.25, -0.2) is 14.8 Å². The summed E-state index contributed by atoms with van der Waals surface area (Å²) in [5.74, 6) is 1.52. The number of hydrogen-bond acceptors (Lipinski definition) is 7. The van der Waals surface area contributed by atoms with E-state index in [1.165, 1.54) is 7.11 Å². The summed E-state index contributed by atoms with van der Waals surface area (Å²) >= 11 is 0. The number of alkyl carbamates (subject to hydrolysis) is 1. The van der Waals surface area contributed by atoms with Crippen molar-refractivity contribution in [1.29, 1.82) is 0 Å². The van der Waals surface area contributed by atoms with Gasteiger partial charge in [-0.3, -0.25) is 14.5 Å². The molecule has 3 atom stereocenters. The fraction of sp³-hybridized carbons (Fsp3) is 0.488. The highest BCUT2D eigenvalue weighted by atomic mass is 16.5. The maximum atomic E-state index is 13.5. The normalized spacial score (nSPS) is 18.1. The number of nitrogens with one attached hydrogen (secondary N) is 3. The zero-order valence-corrected chi connectivity index (χ0v) is 32.1. The molecule has 0 spiro atoms. The fourth-order valence-corrected chi connectivity index (χ4v) is 7.74. The second-order valence-corrected chi connectivity index (χ2v) is 15.2. The van der Waals surface area contributed by atoms with Gasteiger partial charge < -0.3 is 29.8 Å². The van der Waals surface area contributed by atoms with Gasteiger partial charge in [0.05, 0.1) is 49.5 Å². The van der Waals surface area contributed by atoms with E-state index >= 15 is 0 Å². The SMILES string of the molecule is COC(=O)NC(C(=O)N1CCC[C@H]1c1ncc(-c2ccc(-c3ccc(-c4cnc([C@@H]5CCCN5C(=O)CN(C(C)C)C(C)C)[nH]4)cc3)cc2)[nH]1)C(C)C. The summed E-state index contributed by atoms with van der Waals surface area (Å²) < 4.78 is 4.76. The highest BCUT2D eigenvalue weighted by Gasteiger charge is 2.38. The van der Waals surface area contributed by atoms with E-state index in [-0.39, 0.29) is 29.8 Å². The Morgan fingerprint density at radius 2 is 1.21 bits per heavy atom. The van der Waals surface area contributed by atoms with Crippen molar-refractivity contribution in [3.05, 3.63) is 72.6 Å². The number of hydrogen-bond donors (Lipinski definition) is 3. The molecule has 3 N–H and O–H groups in total. The first kappa shape index (κ1) is 37.8. The molecule has 2 aliphatic heterocycles. The molecule has 12 heteroatoms. The molecule has 6 rings (SSSR count). The molecule has 282 valence electrons. The molecule has 0 bridgehead atoms. The number of aromatic nitrogens is 4. The van der Waals surface area contributed by atoms with Gasteiger partial charge >= 0.3 is 6.09 Å². The number of benzene rings is 2. The lowest BCUT2D eigenvalue weighted by Gasteiger charge is -2.32. The van der Waals surface area contributed by atoms with Gasteiger partial charge in [0.15, 0.2) is 0 Å². The molecule has 1 unspecified atom stereocenters. The van der Waals surface area contributed by atoms with Crippen molar-refractivity contribution in [2.75, 3.05) is 26.7 Å². The van der Waals surface area contributed by atoms with Gasteiger partial charge in [0.2, 0.25) is 11.8 Å². The maximum Gasteiger partial charge on any atom is 0.407 e. The van der Waals surface area contributed by atoms with E-state index in [4.69, 9.17) is 9.72 Å². The Balaban J connectivity index is 1.10. The highest BCUT2D eigenvalue weighted by molar-refractivity contribution is 5.86. The largest absolute Gasteiger partial charge is 0.453 e. The number of rotatable bonds is 12. The van der Waals surface area contributed by atoms with Crippen LogP contribution in [0.1, 0.15) is 91.0 Å². The number of imidazole rings is 2. The molecule has 0 saturated carbocycles. The average Bonchev–Trinajstić information content (AvgIpc) is 3.98. The van der Waals surface area contributed by atoms with Crippen molar-refractivity contribution >= 4 is 17.9 Å². The highest BCUT2D eigenvalue weighted by Crippen LogP contribution is 2.35. The van der Waals surface area contributed by atoms with Gasteiger partial charge in [-0.05, 0) is 81.5 Å². The molecule has 0 aliphatic carbocycles. The fourth-order valence-electron chi connectivity index (χ4n) is 7.74. The second-order valence-electron chi connectivity index (χ2n) is 15.2. The van der Waals surface area contributed by atoms with Gasteiger partial charge in [0, 0.05) is 25.2 Å². The van der Waals surface area contributed by atoms with Crippen molar-refractivity contribution in [3.8, 4) is 33.6 Å². The summed E-state index contributed by atoms with van der Waals surface area (Å²) in [6.07, 6.45) is 6.61. The topological polar surface area (TPSA) is 140 Å². The van der Waals surface area contributed by atoms with Crippen LogP contribution in [0.15, 0.2) is 60.9 Å². The van der Waals surface area contributed by atoms with Gasteiger partial charge in [0.1, 0.15) is 17.7 Å². The Hall–Kier alpha value is -4.97. The van der Waals surface area contributed by atoms with E-state index in [0.717, 1.165) is 77.5 Å². The van der Waals surface area contributed by atoms with E-state index in [0.29, 0.717) is 25.2 Å². The third-order valence-electron chi connectivity index (χ3n) is 10.7. The van der Waals surface area contributed by atoms with Crippen LogP contribution in [0.4, 0.5) is 4.79 Å². The van der Waals surface area contributed by atoms with Crippen LogP contribution in [0.2, 0.25) is 0 Å². The van der Waals surface area contributed by atoms with Crippen LogP contribution in [0.25, 0.3) is 33.6 Å². The average molecular weight is 723 g/mol. The maximum absolute atomic E-state index is 13.5. The minimum absolute atomic E-state index is 0.0340. The lowest BCUT2D eigenvalue weighted by molar-refractivity contribution is -0.135. The zero-order chi connectivity index (χ0) is 37.8. The standard InChI is InChI=1S/C41H54N8O4/c1-25(2)37(46-41(52)53-7)40(51)48-21-9-11-35(48)39-43-23-33(45-39)31-18-14-29(15-19-31)28-12-16-30(17-13-28)32-22-42-38(44-32)34-10-8-20-47(34)36(50)24-49(26(3)4)27(5)6/h12-19,22-23,25-27,34-35,37H,8-11,20-21,24H2,1-7H3,(H,42,44)(H,43,45)(H,46,52)/t34-,35-,37?/m0/s1. The molecule has 4 heterocycles. The Labute approximate surface area is 312 Å². The molecule has 2 aromatic carbocycles. The molecule has 2 aliphatic rings. The van der Waals surface area contributed by atoms with Crippen LogP contribution in [-0.4, -0.2) is 97.4 Å². The third kappa shape index (κ3) is 8.32. The smallest absolute Gasteiger partial charge is 0.407 e. The molecule has 2 fully saturated rings. The number of H-pyrrole nitrogens is 2. The second kappa shape index (κ2) is 16.4. The van der Waals surface area contributed by atoms with Crippen LogP contribution in [0.5, 0.6) is 0 Å². The quantitative estimate of drug-likeness (QED) is 0.144. The van der Waals surface area contributed by atoms with Crippen LogP contribution in [0.3, 0.4) is 0 Å². The van der Waals surface area contributed by atoms with Crippen molar-refractivity contribution in [2.24, 2.45) is 5.92 Å². The molecule has 0 radical (unpaired) electrons. The van der Waals surface area contributed by atoms with Gasteiger partial charge in [-0.1, -0.05) is 62.4 Å². The van der Waals surface area contributed by atoms with Crippen LogP contribution in [0, 0.1) is 5.92 Å². The summed E-state index contributed by atoms with van der Waals surface area (Å²) in [5, 5.41) is 2.70. The number of carbonyl (C=O) groups excluding carboxylic acids is 3. The van der Waals surface area contributed by atoms with E-state index in [9.17, 15) is 14.4 Å². The number of nitrogens with zero attached hydrogens (tertiary/aromatic N) is 5. The van der Waals surface area contributed by atoms with Crippen molar-refractivity contribution in [2.45, 2.75) is 97.4 Å². The summed E-state index contributed by atoms with van der Waals surface area (Å²) in [7, 11) is 1.30. The number of aromatic amines is 2. The number of amides is 3. The molecule has 3 amide bonds.